The maximum atomic E-state index is 13.7. The van der Waals surface area contributed by atoms with E-state index >= 15 is 0 Å². The van der Waals surface area contributed by atoms with Crippen molar-refractivity contribution in [3.8, 4) is 21.9 Å². The smallest absolute Gasteiger partial charge is 0.268 e. The monoisotopic (exact) mass is 438 g/mol. The van der Waals surface area contributed by atoms with E-state index in [0.717, 1.165) is 20.8 Å². The molecule has 0 aliphatic rings. The molecule has 31 heavy (non-hydrogen) atoms. The SMILES string of the molecule is Cc1noc(-c2cc(=O)n(CC(=O)NCc3ccccc3F)nc2-c2cccs2)c1C. The topological polar surface area (TPSA) is 90.0 Å². The molecule has 0 saturated carbocycles. The summed E-state index contributed by atoms with van der Waals surface area (Å²) in [7, 11) is 0. The van der Waals surface area contributed by atoms with Crippen molar-refractivity contribution >= 4 is 17.2 Å². The van der Waals surface area contributed by atoms with Gasteiger partial charge in [0.25, 0.3) is 5.56 Å². The van der Waals surface area contributed by atoms with E-state index in [1.54, 1.807) is 18.2 Å². The number of nitrogens with zero attached hydrogens (tertiary/aromatic N) is 3. The van der Waals surface area contributed by atoms with Gasteiger partial charge >= 0.3 is 0 Å². The van der Waals surface area contributed by atoms with Gasteiger partial charge in [0.1, 0.15) is 18.1 Å². The summed E-state index contributed by atoms with van der Waals surface area (Å²) in [6.45, 7) is 3.41. The highest BCUT2D eigenvalue weighted by Gasteiger charge is 2.20. The summed E-state index contributed by atoms with van der Waals surface area (Å²) in [5.74, 6) is -0.378. The number of halogens is 1. The zero-order valence-electron chi connectivity index (χ0n) is 16.9. The molecule has 4 aromatic rings. The number of hydrogen-bond acceptors (Lipinski definition) is 6. The predicted octanol–water partition coefficient (Wildman–Crippen LogP) is 3.70. The van der Waals surface area contributed by atoms with Gasteiger partial charge in [-0.25, -0.2) is 9.07 Å². The normalized spacial score (nSPS) is 10.9. The van der Waals surface area contributed by atoms with Crippen LogP contribution in [0.4, 0.5) is 4.39 Å². The van der Waals surface area contributed by atoms with Crippen LogP contribution in [0.5, 0.6) is 0 Å². The van der Waals surface area contributed by atoms with E-state index in [9.17, 15) is 14.0 Å². The molecule has 0 aliphatic carbocycles. The average molecular weight is 438 g/mol. The molecule has 0 unspecified atom stereocenters. The maximum absolute atomic E-state index is 13.7. The number of aryl methyl sites for hydroxylation is 1. The Labute approximate surface area is 181 Å². The third-order valence-corrected chi connectivity index (χ3v) is 5.76. The number of benzene rings is 1. The first-order valence-corrected chi connectivity index (χ1v) is 10.4. The van der Waals surface area contributed by atoms with Crippen LogP contribution in [0.3, 0.4) is 0 Å². The van der Waals surface area contributed by atoms with Gasteiger partial charge in [-0.15, -0.1) is 11.3 Å². The van der Waals surface area contributed by atoms with Crippen LogP contribution >= 0.6 is 11.3 Å². The van der Waals surface area contributed by atoms with E-state index in [4.69, 9.17) is 4.52 Å². The molecule has 4 rings (SSSR count). The fourth-order valence-corrected chi connectivity index (χ4v) is 3.79. The number of carbonyl (C=O) groups excluding carboxylic acids is 1. The molecule has 1 N–H and O–H groups in total. The molecular weight excluding hydrogens is 419 g/mol. The predicted molar refractivity (Wildman–Crippen MR) is 115 cm³/mol. The molecule has 9 heteroatoms. The molecular formula is C22H19FN4O3S. The number of nitrogens with one attached hydrogen (secondary N) is 1. The highest BCUT2D eigenvalue weighted by Crippen LogP contribution is 2.34. The van der Waals surface area contributed by atoms with Gasteiger partial charge in [-0.3, -0.25) is 9.59 Å². The maximum Gasteiger partial charge on any atom is 0.268 e. The zero-order valence-corrected chi connectivity index (χ0v) is 17.7. The van der Waals surface area contributed by atoms with Crippen molar-refractivity contribution in [2.45, 2.75) is 26.9 Å². The minimum absolute atomic E-state index is 0.0205. The molecule has 3 heterocycles. The second-order valence-corrected chi connectivity index (χ2v) is 7.92. The Balaban J connectivity index is 1.64. The standard InChI is InChI=1S/C22H19FN4O3S/c1-13-14(2)26-30-22(13)16-10-20(29)27(25-21(16)18-8-5-9-31-18)12-19(28)24-11-15-6-3-4-7-17(15)23/h3-10H,11-12H2,1-2H3,(H,24,28). The lowest BCUT2D eigenvalue weighted by atomic mass is 10.1. The van der Waals surface area contributed by atoms with Crippen molar-refractivity contribution in [2.24, 2.45) is 0 Å². The number of thiophene rings is 1. The lowest BCUT2D eigenvalue weighted by Crippen LogP contribution is -2.33. The molecule has 0 saturated heterocycles. The van der Waals surface area contributed by atoms with E-state index in [1.165, 1.54) is 23.5 Å². The summed E-state index contributed by atoms with van der Waals surface area (Å²) >= 11 is 1.46. The van der Waals surface area contributed by atoms with Crippen LogP contribution < -0.4 is 10.9 Å². The minimum Gasteiger partial charge on any atom is -0.356 e. The van der Waals surface area contributed by atoms with Crippen molar-refractivity contribution < 1.29 is 13.7 Å². The van der Waals surface area contributed by atoms with Crippen LogP contribution in [0.2, 0.25) is 0 Å². The Hall–Kier alpha value is -3.59. The van der Waals surface area contributed by atoms with E-state index < -0.39 is 17.3 Å². The van der Waals surface area contributed by atoms with Crippen LogP contribution in [0.1, 0.15) is 16.8 Å². The molecule has 0 atom stereocenters. The summed E-state index contributed by atoms with van der Waals surface area (Å²) in [4.78, 5) is 25.9. The summed E-state index contributed by atoms with van der Waals surface area (Å²) in [6.07, 6.45) is 0. The van der Waals surface area contributed by atoms with Gasteiger partial charge in [0, 0.05) is 23.7 Å². The lowest BCUT2D eigenvalue weighted by Gasteiger charge is -2.11. The summed E-state index contributed by atoms with van der Waals surface area (Å²) in [5, 5.41) is 12.9. The van der Waals surface area contributed by atoms with Crippen LogP contribution in [0, 0.1) is 19.7 Å². The average Bonchev–Trinajstić information content (AvgIpc) is 3.39. The number of hydrogen-bond donors (Lipinski definition) is 1. The summed E-state index contributed by atoms with van der Waals surface area (Å²) in [6, 6.07) is 11.3. The number of amides is 1. The molecule has 3 aromatic heterocycles. The Kier molecular flexibility index (Phi) is 5.77. The van der Waals surface area contributed by atoms with Crippen LogP contribution in [-0.4, -0.2) is 20.8 Å². The van der Waals surface area contributed by atoms with Gasteiger partial charge in [0.05, 0.1) is 16.1 Å². The number of rotatable bonds is 6. The molecule has 0 aliphatic heterocycles. The fourth-order valence-electron chi connectivity index (χ4n) is 3.07. The van der Waals surface area contributed by atoms with Crippen LogP contribution in [-0.2, 0) is 17.9 Å². The molecule has 0 bridgehead atoms. The highest BCUT2D eigenvalue weighted by atomic mass is 32.1. The van der Waals surface area contributed by atoms with Crippen molar-refractivity contribution in [3.63, 3.8) is 0 Å². The largest absolute Gasteiger partial charge is 0.356 e. The van der Waals surface area contributed by atoms with E-state index in [-0.39, 0.29) is 13.1 Å². The Morgan fingerprint density at radius 2 is 2.03 bits per heavy atom. The van der Waals surface area contributed by atoms with E-state index in [0.29, 0.717) is 22.6 Å². The van der Waals surface area contributed by atoms with Crippen molar-refractivity contribution in [2.75, 3.05) is 0 Å². The first-order chi connectivity index (χ1) is 14.9. The molecule has 0 radical (unpaired) electrons. The zero-order chi connectivity index (χ0) is 22.0. The highest BCUT2D eigenvalue weighted by molar-refractivity contribution is 7.13. The summed E-state index contributed by atoms with van der Waals surface area (Å²) in [5.41, 5.74) is 2.50. The van der Waals surface area contributed by atoms with Crippen LogP contribution in [0.15, 0.2) is 57.2 Å². The van der Waals surface area contributed by atoms with E-state index in [2.05, 4.69) is 15.6 Å². The number of aromatic nitrogens is 3. The van der Waals surface area contributed by atoms with Crippen molar-refractivity contribution in [1.29, 1.82) is 0 Å². The Bertz CT molecular complexity index is 1290. The third-order valence-electron chi connectivity index (χ3n) is 4.88. The summed E-state index contributed by atoms with van der Waals surface area (Å²) < 4.78 is 20.3. The van der Waals surface area contributed by atoms with E-state index in [1.807, 2.05) is 31.4 Å². The molecule has 158 valence electrons. The second kappa shape index (κ2) is 8.65. The quantitative estimate of drug-likeness (QED) is 0.496. The van der Waals surface area contributed by atoms with Crippen molar-refractivity contribution in [1.82, 2.24) is 20.3 Å². The fraction of sp³-hybridized carbons (Fsp3) is 0.182. The molecule has 0 spiro atoms. The molecule has 1 aromatic carbocycles. The molecule has 7 nitrogen and oxygen atoms in total. The number of carbonyl (C=O) groups is 1. The first kappa shape index (κ1) is 20.7. The van der Waals surface area contributed by atoms with Gasteiger partial charge in [0.15, 0.2) is 5.76 Å². The van der Waals surface area contributed by atoms with Crippen molar-refractivity contribution in [3.05, 3.63) is 80.8 Å². The van der Waals surface area contributed by atoms with Crippen LogP contribution in [0.25, 0.3) is 21.9 Å². The minimum atomic E-state index is -0.454. The molecule has 1 amide bonds. The van der Waals surface area contributed by atoms with Gasteiger partial charge in [-0.2, -0.15) is 5.10 Å². The Morgan fingerprint density at radius 1 is 1.23 bits per heavy atom. The Morgan fingerprint density at radius 3 is 2.71 bits per heavy atom. The lowest BCUT2D eigenvalue weighted by molar-refractivity contribution is -0.122. The van der Waals surface area contributed by atoms with Gasteiger partial charge < -0.3 is 9.84 Å². The second-order valence-electron chi connectivity index (χ2n) is 6.97. The van der Waals surface area contributed by atoms with Gasteiger partial charge in [-0.05, 0) is 31.4 Å². The molecule has 0 fully saturated rings. The third kappa shape index (κ3) is 4.31. The van der Waals surface area contributed by atoms with Gasteiger partial charge in [-0.1, -0.05) is 29.4 Å². The first-order valence-electron chi connectivity index (χ1n) is 9.53. The van der Waals surface area contributed by atoms with Gasteiger partial charge in [0.2, 0.25) is 5.91 Å².